The van der Waals surface area contributed by atoms with Gasteiger partial charge < -0.3 is 9.42 Å². The van der Waals surface area contributed by atoms with Crippen LogP contribution in [-0.2, 0) is 4.79 Å². The second kappa shape index (κ2) is 6.37. The number of hydrogen-bond acceptors (Lipinski definition) is 4. The Kier molecular flexibility index (Phi) is 4.03. The van der Waals surface area contributed by atoms with E-state index >= 15 is 0 Å². The fourth-order valence-electron chi connectivity index (χ4n) is 3.14. The van der Waals surface area contributed by atoms with Crippen LogP contribution in [0.1, 0.15) is 29.3 Å². The number of benzene rings is 2. The van der Waals surface area contributed by atoms with Crippen molar-refractivity contribution < 1.29 is 13.7 Å². The molecule has 1 saturated heterocycles. The maximum Gasteiger partial charge on any atom is 0.257 e. The molecule has 5 nitrogen and oxygen atoms in total. The van der Waals surface area contributed by atoms with Crippen molar-refractivity contribution in [3.8, 4) is 11.5 Å². The number of anilines is 1. The number of aromatic nitrogens is 2. The van der Waals surface area contributed by atoms with E-state index in [1.165, 1.54) is 6.07 Å². The second-order valence-corrected chi connectivity index (χ2v) is 6.66. The molecule has 1 aromatic heterocycles. The molecular weight excluding hydrogens is 333 g/mol. The monoisotopic (exact) mass is 351 g/mol. The molecule has 1 amide bonds. The summed E-state index contributed by atoms with van der Waals surface area (Å²) in [7, 11) is 0. The molecule has 4 rings (SSSR count). The van der Waals surface area contributed by atoms with E-state index in [1.54, 1.807) is 24.0 Å². The van der Waals surface area contributed by atoms with Crippen molar-refractivity contribution in [2.75, 3.05) is 11.4 Å². The minimum absolute atomic E-state index is 0.0253. The first-order valence-corrected chi connectivity index (χ1v) is 8.48. The second-order valence-electron chi connectivity index (χ2n) is 6.66. The third-order valence-corrected chi connectivity index (χ3v) is 4.68. The summed E-state index contributed by atoms with van der Waals surface area (Å²) in [5.41, 5.74) is 3.21. The summed E-state index contributed by atoms with van der Waals surface area (Å²) in [5.74, 6) is 0.523. The van der Waals surface area contributed by atoms with Crippen LogP contribution in [-0.4, -0.2) is 22.6 Å². The fraction of sp³-hybridized carbons (Fsp3) is 0.250. The van der Waals surface area contributed by atoms with Crippen molar-refractivity contribution in [2.45, 2.75) is 26.2 Å². The van der Waals surface area contributed by atoms with Gasteiger partial charge in [-0.1, -0.05) is 22.9 Å². The zero-order chi connectivity index (χ0) is 18.3. The molecule has 1 aliphatic rings. The van der Waals surface area contributed by atoms with Gasteiger partial charge >= 0.3 is 0 Å². The lowest BCUT2D eigenvalue weighted by Crippen LogP contribution is -2.24. The fourth-order valence-corrected chi connectivity index (χ4v) is 3.14. The predicted molar refractivity (Wildman–Crippen MR) is 95.3 cm³/mol. The average molecular weight is 351 g/mol. The Morgan fingerprint density at radius 3 is 2.65 bits per heavy atom. The number of nitrogens with zero attached hydrogens (tertiary/aromatic N) is 3. The lowest BCUT2D eigenvalue weighted by molar-refractivity contribution is -0.117. The van der Waals surface area contributed by atoms with Gasteiger partial charge in [0.2, 0.25) is 5.91 Å². The molecule has 1 aliphatic heterocycles. The Hall–Kier alpha value is -3.02. The van der Waals surface area contributed by atoms with Gasteiger partial charge in [0.05, 0.1) is 0 Å². The van der Waals surface area contributed by atoms with Gasteiger partial charge in [-0.15, -0.1) is 0 Å². The van der Waals surface area contributed by atoms with Crippen LogP contribution in [0.15, 0.2) is 47.0 Å². The molecule has 0 radical (unpaired) electrons. The SMILES string of the molecule is Cc1ccc(-c2nc(C3CC(=O)N(c4ccc(F)c(C)c4)C3)no2)cc1. The maximum absolute atomic E-state index is 13.5. The van der Waals surface area contributed by atoms with E-state index in [2.05, 4.69) is 10.1 Å². The molecule has 26 heavy (non-hydrogen) atoms. The van der Waals surface area contributed by atoms with Crippen LogP contribution >= 0.6 is 0 Å². The van der Waals surface area contributed by atoms with Gasteiger partial charge in [0, 0.05) is 30.1 Å². The highest BCUT2D eigenvalue weighted by molar-refractivity contribution is 5.96. The summed E-state index contributed by atoms with van der Waals surface area (Å²) in [6.45, 7) is 4.15. The number of carbonyl (C=O) groups is 1. The number of halogens is 1. The number of hydrogen-bond donors (Lipinski definition) is 0. The summed E-state index contributed by atoms with van der Waals surface area (Å²) < 4.78 is 18.9. The Balaban J connectivity index is 1.55. The molecule has 0 spiro atoms. The Morgan fingerprint density at radius 2 is 1.92 bits per heavy atom. The van der Waals surface area contributed by atoms with E-state index in [0.717, 1.165) is 11.1 Å². The Labute approximate surface area is 150 Å². The molecule has 0 bridgehead atoms. The largest absolute Gasteiger partial charge is 0.334 e. The summed E-state index contributed by atoms with van der Waals surface area (Å²) in [4.78, 5) is 18.5. The first-order chi connectivity index (χ1) is 12.5. The third kappa shape index (κ3) is 2.98. The van der Waals surface area contributed by atoms with Crippen LogP contribution in [0.3, 0.4) is 0 Å². The van der Waals surface area contributed by atoms with Gasteiger partial charge in [0.1, 0.15) is 5.82 Å². The highest BCUT2D eigenvalue weighted by Crippen LogP contribution is 2.32. The van der Waals surface area contributed by atoms with Crippen LogP contribution in [0.2, 0.25) is 0 Å². The average Bonchev–Trinajstić information content (AvgIpc) is 3.25. The molecule has 2 aromatic carbocycles. The number of aryl methyl sites for hydroxylation is 2. The van der Waals surface area contributed by atoms with Crippen LogP contribution in [0.5, 0.6) is 0 Å². The smallest absolute Gasteiger partial charge is 0.257 e. The quantitative estimate of drug-likeness (QED) is 0.715. The van der Waals surface area contributed by atoms with E-state index in [9.17, 15) is 9.18 Å². The molecule has 132 valence electrons. The molecule has 3 aromatic rings. The minimum atomic E-state index is -0.280. The summed E-state index contributed by atoms with van der Waals surface area (Å²) in [6.07, 6.45) is 0.309. The van der Waals surface area contributed by atoms with Gasteiger partial charge in [0.15, 0.2) is 5.82 Å². The molecule has 6 heteroatoms. The molecule has 1 atom stereocenters. The third-order valence-electron chi connectivity index (χ3n) is 4.68. The van der Waals surface area contributed by atoms with Crippen LogP contribution < -0.4 is 4.90 Å². The van der Waals surface area contributed by atoms with E-state index in [1.807, 2.05) is 31.2 Å². The van der Waals surface area contributed by atoms with Crippen molar-refractivity contribution in [2.24, 2.45) is 0 Å². The number of rotatable bonds is 3. The van der Waals surface area contributed by atoms with Gasteiger partial charge in [-0.25, -0.2) is 4.39 Å². The van der Waals surface area contributed by atoms with Gasteiger partial charge in [0.25, 0.3) is 5.89 Å². The molecule has 0 N–H and O–H groups in total. The topological polar surface area (TPSA) is 59.2 Å². The van der Waals surface area contributed by atoms with Crippen molar-refractivity contribution in [3.05, 3.63) is 65.2 Å². The van der Waals surface area contributed by atoms with Gasteiger partial charge in [-0.05, 0) is 49.7 Å². The van der Waals surface area contributed by atoms with Crippen molar-refractivity contribution >= 4 is 11.6 Å². The first-order valence-electron chi connectivity index (χ1n) is 8.48. The maximum atomic E-state index is 13.5. The predicted octanol–water partition coefficient (Wildman–Crippen LogP) is 4.01. The van der Waals surface area contributed by atoms with Crippen LogP contribution in [0, 0.1) is 19.7 Å². The normalized spacial score (nSPS) is 17.1. The molecule has 1 unspecified atom stereocenters. The molecule has 2 heterocycles. The Bertz CT molecular complexity index is 965. The van der Waals surface area contributed by atoms with E-state index in [0.29, 0.717) is 35.9 Å². The van der Waals surface area contributed by atoms with E-state index in [4.69, 9.17) is 4.52 Å². The highest BCUT2D eigenvalue weighted by atomic mass is 19.1. The molecule has 0 aliphatic carbocycles. The zero-order valence-corrected chi connectivity index (χ0v) is 14.6. The minimum Gasteiger partial charge on any atom is -0.334 e. The van der Waals surface area contributed by atoms with Crippen LogP contribution in [0.25, 0.3) is 11.5 Å². The molecular formula is C20H18FN3O2. The van der Waals surface area contributed by atoms with Crippen molar-refractivity contribution in [1.29, 1.82) is 0 Å². The van der Waals surface area contributed by atoms with Crippen molar-refractivity contribution in [3.63, 3.8) is 0 Å². The summed E-state index contributed by atoms with van der Waals surface area (Å²) in [6, 6.07) is 12.5. The Morgan fingerprint density at radius 1 is 1.15 bits per heavy atom. The van der Waals surface area contributed by atoms with E-state index in [-0.39, 0.29) is 17.6 Å². The highest BCUT2D eigenvalue weighted by Gasteiger charge is 2.34. The van der Waals surface area contributed by atoms with E-state index < -0.39 is 0 Å². The first kappa shape index (κ1) is 16.4. The zero-order valence-electron chi connectivity index (χ0n) is 14.6. The summed E-state index contributed by atoms with van der Waals surface area (Å²) >= 11 is 0. The lowest BCUT2D eigenvalue weighted by Gasteiger charge is -2.16. The van der Waals surface area contributed by atoms with Crippen LogP contribution in [0.4, 0.5) is 10.1 Å². The van der Waals surface area contributed by atoms with Gasteiger partial charge in [-0.3, -0.25) is 4.79 Å². The molecule has 0 saturated carbocycles. The molecule has 1 fully saturated rings. The van der Waals surface area contributed by atoms with Gasteiger partial charge in [-0.2, -0.15) is 4.98 Å². The summed E-state index contributed by atoms with van der Waals surface area (Å²) in [5, 5.41) is 4.07. The standard InChI is InChI=1S/C20H18FN3O2/c1-12-3-5-14(6-4-12)20-22-19(23-26-20)15-10-18(25)24(11-15)16-7-8-17(21)13(2)9-16/h3-9,15H,10-11H2,1-2H3. The lowest BCUT2D eigenvalue weighted by atomic mass is 10.1. The number of carbonyl (C=O) groups excluding carboxylic acids is 1. The van der Waals surface area contributed by atoms with Crippen molar-refractivity contribution in [1.82, 2.24) is 10.1 Å². The number of amides is 1.